The lowest BCUT2D eigenvalue weighted by Crippen LogP contribution is -1.79. The van der Waals surface area contributed by atoms with Crippen LogP contribution in [0.25, 0.3) is 0 Å². The predicted molar refractivity (Wildman–Crippen MR) is 40.1 cm³/mol. The van der Waals surface area contributed by atoms with Crippen LogP contribution in [0.1, 0.15) is 0 Å². The molecule has 12 heavy (non-hydrogen) atoms. The predicted octanol–water partition coefficient (Wildman–Crippen LogP) is 2.32. The number of halogens is 3. The Kier molecular flexibility index (Phi) is 4.96. The summed E-state index contributed by atoms with van der Waals surface area (Å²) >= 11 is 5.13. The van der Waals surface area contributed by atoms with Gasteiger partial charge in [0.1, 0.15) is 16.7 Å². The van der Waals surface area contributed by atoms with E-state index in [-0.39, 0.29) is 6.47 Å². The van der Waals surface area contributed by atoms with Gasteiger partial charge in [0.05, 0.1) is 0 Å². The Morgan fingerprint density at radius 3 is 1.92 bits per heavy atom. The summed E-state index contributed by atoms with van der Waals surface area (Å²) in [6.07, 6.45) is 0. The summed E-state index contributed by atoms with van der Waals surface area (Å²) in [5, 5.41) is 6.44. The molecule has 0 unspecified atom stereocenters. The van der Waals surface area contributed by atoms with Gasteiger partial charge in [0.15, 0.2) is 0 Å². The number of rotatable bonds is 0. The minimum absolute atomic E-state index is 0.250. The van der Waals surface area contributed by atoms with Crippen LogP contribution in [-0.2, 0) is 4.79 Å². The zero-order valence-corrected chi connectivity index (χ0v) is 6.55. The summed E-state index contributed by atoms with van der Waals surface area (Å²) in [6, 6.07) is 3.47. The Bertz CT molecular complexity index is 245. The number of carbonyl (C=O) groups is 1. The third-order valence-electron chi connectivity index (χ3n) is 0.904. The van der Waals surface area contributed by atoms with Crippen molar-refractivity contribution in [3.63, 3.8) is 0 Å². The molecule has 66 valence electrons. The number of carboxylic acid groups (broad SMARTS) is 1. The van der Waals surface area contributed by atoms with E-state index in [0.717, 1.165) is 12.1 Å². The van der Waals surface area contributed by atoms with Crippen molar-refractivity contribution in [3.8, 4) is 0 Å². The molecule has 0 aromatic heterocycles. The fraction of sp³-hybridized carbons (Fsp3) is 0. The molecule has 1 rings (SSSR count). The largest absolute Gasteiger partial charge is 0.483 e. The van der Waals surface area contributed by atoms with Gasteiger partial charge in [-0.1, -0.05) is 17.7 Å². The van der Waals surface area contributed by atoms with E-state index in [0.29, 0.717) is 0 Å². The molecule has 0 fully saturated rings. The molecule has 0 saturated heterocycles. The third-order valence-corrected chi connectivity index (χ3v) is 1.27. The van der Waals surface area contributed by atoms with E-state index in [2.05, 4.69) is 0 Å². The second-order valence-electron chi connectivity index (χ2n) is 1.64. The average molecular weight is 195 g/mol. The molecule has 5 heteroatoms. The van der Waals surface area contributed by atoms with Gasteiger partial charge in [-0.3, -0.25) is 4.79 Å². The number of hydrogen-bond donors (Lipinski definition) is 1. The quantitative estimate of drug-likeness (QED) is 0.508. The molecule has 0 atom stereocenters. The third kappa shape index (κ3) is 3.30. The molecule has 1 N–H and O–H groups in total. The van der Waals surface area contributed by atoms with Crippen molar-refractivity contribution in [1.82, 2.24) is 0 Å². The van der Waals surface area contributed by atoms with Crippen molar-refractivity contribution < 1.29 is 18.7 Å². The first-order valence-corrected chi connectivity index (χ1v) is 3.18. The Morgan fingerprint density at radius 1 is 1.33 bits per heavy atom. The normalized spacial score (nSPS) is 8.25. The van der Waals surface area contributed by atoms with Crippen LogP contribution in [0.4, 0.5) is 8.78 Å². The fourth-order valence-corrected chi connectivity index (χ4v) is 0.603. The van der Waals surface area contributed by atoms with Crippen LogP contribution in [0.5, 0.6) is 0 Å². The van der Waals surface area contributed by atoms with Gasteiger partial charge in [-0.05, 0) is 12.1 Å². The maximum Gasteiger partial charge on any atom is 0.290 e. The van der Waals surface area contributed by atoms with E-state index in [4.69, 9.17) is 21.5 Å². The zero-order valence-electron chi connectivity index (χ0n) is 5.80. The summed E-state index contributed by atoms with van der Waals surface area (Å²) in [7, 11) is 0. The highest BCUT2D eigenvalue weighted by Gasteiger charge is 2.02. The van der Waals surface area contributed by atoms with Crippen LogP contribution in [-0.4, -0.2) is 11.6 Å². The molecule has 1 aromatic carbocycles. The zero-order chi connectivity index (χ0) is 9.56. The molecule has 2 nitrogen and oxygen atoms in total. The van der Waals surface area contributed by atoms with Gasteiger partial charge in [-0.15, -0.1) is 0 Å². The molecule has 0 aliphatic rings. The minimum atomic E-state index is -0.725. The first-order valence-electron chi connectivity index (χ1n) is 2.80. The first-order chi connectivity index (χ1) is 5.63. The Morgan fingerprint density at radius 2 is 1.67 bits per heavy atom. The highest BCUT2D eigenvalue weighted by Crippen LogP contribution is 2.16. The van der Waals surface area contributed by atoms with Crippen molar-refractivity contribution in [2.45, 2.75) is 0 Å². The smallest absolute Gasteiger partial charge is 0.290 e. The van der Waals surface area contributed by atoms with E-state index in [1.807, 2.05) is 0 Å². The number of benzene rings is 1. The lowest BCUT2D eigenvalue weighted by molar-refractivity contribution is -0.122. The molecule has 0 aliphatic carbocycles. The lowest BCUT2D eigenvalue weighted by Gasteiger charge is -1.91. The molecule has 0 heterocycles. The summed E-state index contributed by atoms with van der Waals surface area (Å²) in [5.74, 6) is -1.45. The number of hydrogen-bond acceptors (Lipinski definition) is 1. The van der Waals surface area contributed by atoms with E-state index in [1.165, 1.54) is 6.07 Å². The van der Waals surface area contributed by atoms with Crippen LogP contribution in [0.2, 0.25) is 5.02 Å². The summed E-state index contributed by atoms with van der Waals surface area (Å²) < 4.78 is 24.4. The second-order valence-corrected chi connectivity index (χ2v) is 2.02. The van der Waals surface area contributed by atoms with Crippen LogP contribution in [0.3, 0.4) is 0 Å². The molecular weight excluding hydrogens is 190 g/mol. The maximum atomic E-state index is 12.2. The Labute approximate surface area is 72.4 Å². The molecular formula is C7H5ClF2O2. The Hall–Kier alpha value is -1.16. The van der Waals surface area contributed by atoms with Crippen LogP contribution in [0.15, 0.2) is 18.2 Å². The van der Waals surface area contributed by atoms with Gasteiger partial charge in [0.2, 0.25) is 0 Å². The molecule has 0 amide bonds. The second kappa shape index (κ2) is 5.49. The van der Waals surface area contributed by atoms with Crippen molar-refractivity contribution in [3.05, 3.63) is 34.9 Å². The van der Waals surface area contributed by atoms with Crippen molar-refractivity contribution in [2.24, 2.45) is 0 Å². The fourth-order valence-electron chi connectivity index (χ4n) is 0.477. The van der Waals surface area contributed by atoms with E-state index < -0.39 is 16.7 Å². The van der Waals surface area contributed by atoms with Gasteiger partial charge in [0, 0.05) is 0 Å². The topological polar surface area (TPSA) is 37.3 Å². The monoisotopic (exact) mass is 194 g/mol. The highest BCUT2D eigenvalue weighted by atomic mass is 35.5. The molecule has 0 spiro atoms. The van der Waals surface area contributed by atoms with Crippen LogP contribution in [0, 0.1) is 11.6 Å². The SMILES string of the molecule is Fc1cccc(F)c1Cl.O=CO. The maximum absolute atomic E-state index is 12.2. The van der Waals surface area contributed by atoms with Gasteiger partial charge in [-0.25, -0.2) is 8.78 Å². The van der Waals surface area contributed by atoms with Gasteiger partial charge in [0.25, 0.3) is 6.47 Å². The van der Waals surface area contributed by atoms with Crippen LogP contribution >= 0.6 is 11.6 Å². The van der Waals surface area contributed by atoms with Crippen LogP contribution < -0.4 is 0 Å². The van der Waals surface area contributed by atoms with E-state index >= 15 is 0 Å². The average Bonchev–Trinajstić information content (AvgIpc) is 2.02. The molecule has 0 saturated carbocycles. The molecule has 0 bridgehead atoms. The summed E-state index contributed by atoms with van der Waals surface area (Å²) in [4.78, 5) is 8.36. The van der Waals surface area contributed by atoms with Crippen molar-refractivity contribution in [2.75, 3.05) is 0 Å². The molecule has 1 aromatic rings. The van der Waals surface area contributed by atoms with Gasteiger partial charge < -0.3 is 5.11 Å². The first kappa shape index (κ1) is 10.8. The van der Waals surface area contributed by atoms with Crippen molar-refractivity contribution >= 4 is 18.1 Å². The van der Waals surface area contributed by atoms with E-state index in [1.54, 1.807) is 0 Å². The van der Waals surface area contributed by atoms with Crippen molar-refractivity contribution in [1.29, 1.82) is 0 Å². The standard InChI is InChI=1S/C6H3ClF2.CH2O2/c7-6-4(8)2-1-3-5(6)9;2-1-3/h1-3H;1H,(H,2,3). The highest BCUT2D eigenvalue weighted by molar-refractivity contribution is 6.30. The van der Waals surface area contributed by atoms with Gasteiger partial charge in [-0.2, -0.15) is 0 Å². The summed E-state index contributed by atoms with van der Waals surface area (Å²) in [6.45, 7) is -0.250. The Balaban J connectivity index is 0.000000354. The molecule has 0 radical (unpaired) electrons. The minimum Gasteiger partial charge on any atom is -0.483 e. The van der Waals surface area contributed by atoms with Gasteiger partial charge >= 0.3 is 0 Å². The summed E-state index contributed by atoms with van der Waals surface area (Å²) in [5.41, 5.74) is 0. The lowest BCUT2D eigenvalue weighted by atomic mass is 10.3. The van der Waals surface area contributed by atoms with E-state index in [9.17, 15) is 8.78 Å². The molecule has 0 aliphatic heterocycles.